The number of hydrogen-bond acceptors (Lipinski definition) is 6. The SMILES string of the molecule is CC/C=C/C=C/C=C/C=C/C=C/C=C/C=C/CCCCCC(=O)OCC(COC(=O)CCC/C=C/C=C/C=C/C=C/C=C/CC)OC(=O)CCCCCCCC/C=C/C/C=C/C/C=C/CC. The third-order valence-corrected chi connectivity index (χ3v) is 9.46. The van der Waals surface area contributed by atoms with Crippen LogP contribution < -0.4 is 0 Å². The average molecular weight is 903 g/mol. The first-order chi connectivity index (χ1) is 32.5. The molecule has 0 saturated heterocycles. The van der Waals surface area contributed by atoms with E-state index in [1.54, 1.807) is 0 Å². The van der Waals surface area contributed by atoms with E-state index in [2.05, 4.69) is 75.5 Å². The molecule has 6 nitrogen and oxygen atoms in total. The normalized spacial score (nSPS) is 13.7. The molecule has 66 heavy (non-hydrogen) atoms. The number of ether oxygens (including phenoxy) is 3. The van der Waals surface area contributed by atoms with Crippen LogP contribution in [-0.4, -0.2) is 37.2 Å². The number of esters is 3. The molecule has 0 spiro atoms. The van der Waals surface area contributed by atoms with Crippen molar-refractivity contribution in [3.8, 4) is 0 Å². The van der Waals surface area contributed by atoms with Crippen molar-refractivity contribution >= 4 is 17.9 Å². The largest absolute Gasteiger partial charge is 0.462 e. The van der Waals surface area contributed by atoms with Crippen molar-refractivity contribution in [2.75, 3.05) is 13.2 Å². The van der Waals surface area contributed by atoms with Gasteiger partial charge in [0.1, 0.15) is 13.2 Å². The predicted molar refractivity (Wildman–Crippen MR) is 283 cm³/mol. The Hall–Kier alpha value is -5.49. The van der Waals surface area contributed by atoms with Crippen LogP contribution in [0.15, 0.2) is 182 Å². The molecule has 0 amide bonds. The van der Waals surface area contributed by atoms with Crippen LogP contribution in [0, 0.1) is 0 Å². The molecular formula is C60H86O6. The lowest BCUT2D eigenvalue weighted by atomic mass is 10.1. The highest BCUT2D eigenvalue weighted by Gasteiger charge is 2.19. The van der Waals surface area contributed by atoms with E-state index in [0.29, 0.717) is 12.8 Å². The van der Waals surface area contributed by atoms with Gasteiger partial charge in [-0.1, -0.05) is 235 Å². The molecule has 0 aliphatic heterocycles. The van der Waals surface area contributed by atoms with E-state index in [1.165, 1.54) is 12.8 Å². The Morgan fingerprint density at radius 1 is 0.318 bits per heavy atom. The highest BCUT2D eigenvalue weighted by molar-refractivity contribution is 5.71. The van der Waals surface area contributed by atoms with Gasteiger partial charge in [0.15, 0.2) is 6.10 Å². The molecule has 0 heterocycles. The summed E-state index contributed by atoms with van der Waals surface area (Å²) in [5.74, 6) is -1.09. The summed E-state index contributed by atoms with van der Waals surface area (Å²) in [5.41, 5.74) is 0. The summed E-state index contributed by atoms with van der Waals surface area (Å²) < 4.78 is 16.7. The van der Waals surface area contributed by atoms with Crippen LogP contribution in [0.25, 0.3) is 0 Å². The van der Waals surface area contributed by atoms with E-state index in [1.807, 2.05) is 128 Å². The molecule has 0 saturated carbocycles. The van der Waals surface area contributed by atoms with Crippen molar-refractivity contribution in [1.29, 1.82) is 0 Å². The summed E-state index contributed by atoms with van der Waals surface area (Å²) in [7, 11) is 0. The van der Waals surface area contributed by atoms with Gasteiger partial charge in [-0.25, -0.2) is 0 Å². The summed E-state index contributed by atoms with van der Waals surface area (Å²) in [5, 5.41) is 0. The topological polar surface area (TPSA) is 78.9 Å². The first-order valence-corrected chi connectivity index (χ1v) is 25.0. The Labute approximate surface area is 402 Å². The first-order valence-electron chi connectivity index (χ1n) is 25.0. The zero-order valence-corrected chi connectivity index (χ0v) is 41.1. The molecule has 0 aliphatic rings. The van der Waals surface area contributed by atoms with Crippen LogP contribution in [0.3, 0.4) is 0 Å². The maximum Gasteiger partial charge on any atom is 0.306 e. The lowest BCUT2D eigenvalue weighted by Crippen LogP contribution is -2.30. The van der Waals surface area contributed by atoms with E-state index >= 15 is 0 Å². The van der Waals surface area contributed by atoms with Crippen molar-refractivity contribution in [3.63, 3.8) is 0 Å². The molecule has 1 unspecified atom stereocenters. The molecule has 0 N–H and O–H groups in total. The number of carbonyl (C=O) groups excluding carboxylic acids is 3. The molecule has 6 heteroatoms. The van der Waals surface area contributed by atoms with E-state index < -0.39 is 6.10 Å². The van der Waals surface area contributed by atoms with Crippen molar-refractivity contribution in [3.05, 3.63) is 182 Å². The zero-order valence-electron chi connectivity index (χ0n) is 41.1. The number of allylic oxidation sites excluding steroid dienone is 30. The number of hydrogen-bond donors (Lipinski definition) is 0. The van der Waals surface area contributed by atoms with Crippen LogP contribution in [0.4, 0.5) is 0 Å². The predicted octanol–water partition coefficient (Wildman–Crippen LogP) is 16.6. The molecule has 0 aliphatic carbocycles. The summed E-state index contributed by atoms with van der Waals surface area (Å²) >= 11 is 0. The van der Waals surface area contributed by atoms with Gasteiger partial charge >= 0.3 is 17.9 Å². The van der Waals surface area contributed by atoms with Gasteiger partial charge in [-0.15, -0.1) is 0 Å². The Balaban J connectivity index is 4.65. The smallest absolute Gasteiger partial charge is 0.306 e. The molecule has 0 fully saturated rings. The molecule has 362 valence electrons. The van der Waals surface area contributed by atoms with E-state index in [9.17, 15) is 14.4 Å². The minimum atomic E-state index is -0.844. The summed E-state index contributed by atoms with van der Waals surface area (Å²) in [4.78, 5) is 37.9. The standard InChI is InChI=1S/C60H86O6/c1-4-7-10-13-16-19-22-25-27-29-30-31-33-35-38-41-44-47-50-53-59(62)65-56-57(55-64-58(61)52-49-46-43-40-37-34-24-21-18-15-12-9-6-3)66-60(63)54-51-48-45-42-39-36-32-28-26-23-20-17-14-11-8-5-2/h7-13,15-22,24-31,33-35,37-38,40,43,57H,4-6,14,23,32,36,39,41-42,44-56H2,1-3H3/b10-7+,11-8+,12-9+,16-13+,18-15+,20-17+,22-19+,24-21+,27-25+,28-26+,30-29+,33-31+,37-34+,38-35+,43-40+. The minimum absolute atomic E-state index is 0.141. The fraction of sp³-hybridized carbons (Fsp3) is 0.450. The molecule has 0 aromatic rings. The Kier molecular flexibility index (Phi) is 47.8. The monoisotopic (exact) mass is 903 g/mol. The maximum absolute atomic E-state index is 12.8. The molecule has 0 aromatic carbocycles. The molecule has 0 bridgehead atoms. The van der Waals surface area contributed by atoms with Gasteiger partial charge in [-0.2, -0.15) is 0 Å². The van der Waals surface area contributed by atoms with Crippen LogP contribution in [0.1, 0.15) is 156 Å². The molecule has 1 atom stereocenters. The third kappa shape index (κ3) is 49.5. The van der Waals surface area contributed by atoms with Crippen LogP contribution in [-0.2, 0) is 28.6 Å². The van der Waals surface area contributed by atoms with E-state index in [-0.39, 0.29) is 50.4 Å². The number of rotatable bonds is 41. The van der Waals surface area contributed by atoms with Gasteiger partial charge in [0.25, 0.3) is 0 Å². The van der Waals surface area contributed by atoms with Crippen molar-refractivity contribution in [1.82, 2.24) is 0 Å². The van der Waals surface area contributed by atoms with Gasteiger partial charge in [-0.3, -0.25) is 14.4 Å². The van der Waals surface area contributed by atoms with Gasteiger partial charge in [0.2, 0.25) is 0 Å². The van der Waals surface area contributed by atoms with Gasteiger partial charge in [0, 0.05) is 19.3 Å². The van der Waals surface area contributed by atoms with Crippen molar-refractivity contribution in [2.24, 2.45) is 0 Å². The van der Waals surface area contributed by atoms with Gasteiger partial charge in [-0.05, 0) is 83.5 Å². The second-order valence-corrected chi connectivity index (χ2v) is 15.5. The second-order valence-electron chi connectivity index (χ2n) is 15.5. The lowest BCUT2D eigenvalue weighted by molar-refractivity contribution is -0.167. The highest BCUT2D eigenvalue weighted by Crippen LogP contribution is 2.12. The first kappa shape index (κ1) is 60.5. The summed E-state index contributed by atoms with van der Waals surface area (Å²) in [6, 6.07) is 0. The van der Waals surface area contributed by atoms with E-state index in [0.717, 1.165) is 89.9 Å². The molecule has 0 rings (SSSR count). The number of unbranched alkanes of at least 4 members (excludes halogenated alkanes) is 10. The number of carbonyl (C=O) groups is 3. The van der Waals surface area contributed by atoms with Crippen LogP contribution in [0.2, 0.25) is 0 Å². The molecule has 0 radical (unpaired) electrons. The Morgan fingerprint density at radius 2 is 0.636 bits per heavy atom. The summed E-state index contributed by atoms with van der Waals surface area (Å²) in [6.07, 6.45) is 78.7. The van der Waals surface area contributed by atoms with Gasteiger partial charge in [0.05, 0.1) is 0 Å². The molecular weight excluding hydrogens is 817 g/mol. The van der Waals surface area contributed by atoms with Crippen molar-refractivity contribution < 1.29 is 28.6 Å². The van der Waals surface area contributed by atoms with E-state index in [4.69, 9.17) is 14.2 Å². The second kappa shape index (κ2) is 52.1. The Morgan fingerprint density at radius 3 is 1.11 bits per heavy atom. The highest BCUT2D eigenvalue weighted by atomic mass is 16.6. The van der Waals surface area contributed by atoms with Crippen LogP contribution in [0.5, 0.6) is 0 Å². The fourth-order valence-electron chi connectivity index (χ4n) is 5.82. The van der Waals surface area contributed by atoms with Crippen LogP contribution >= 0.6 is 0 Å². The molecule has 0 aromatic heterocycles. The zero-order chi connectivity index (χ0) is 47.9. The lowest BCUT2D eigenvalue weighted by Gasteiger charge is -2.18. The Bertz CT molecular complexity index is 1650. The minimum Gasteiger partial charge on any atom is -0.462 e. The fourth-order valence-corrected chi connectivity index (χ4v) is 5.82. The summed E-state index contributed by atoms with van der Waals surface area (Å²) in [6.45, 7) is 6.08. The average Bonchev–Trinajstić information content (AvgIpc) is 3.31. The quantitative estimate of drug-likeness (QED) is 0.0200. The van der Waals surface area contributed by atoms with Crippen molar-refractivity contribution in [2.45, 2.75) is 162 Å². The maximum atomic E-state index is 12.8. The van der Waals surface area contributed by atoms with Gasteiger partial charge < -0.3 is 14.2 Å². The third-order valence-electron chi connectivity index (χ3n) is 9.46.